The summed E-state index contributed by atoms with van der Waals surface area (Å²) in [6, 6.07) is 14.4. The Morgan fingerprint density at radius 3 is 2.12 bits per heavy atom. The Kier molecular flexibility index (Phi) is 5.94. The van der Waals surface area contributed by atoms with Crippen LogP contribution in [0.1, 0.15) is 31.9 Å². The SMILES string of the molecule is Cc1cc(Sc2ccccc2)cc(C)c1OCC(=O)OC(C)(C)C. The summed E-state index contributed by atoms with van der Waals surface area (Å²) in [5.41, 5.74) is 1.52. The van der Waals surface area contributed by atoms with Crippen LogP contribution in [0.3, 0.4) is 0 Å². The zero-order chi connectivity index (χ0) is 17.7. The van der Waals surface area contributed by atoms with E-state index in [2.05, 4.69) is 24.3 Å². The molecule has 24 heavy (non-hydrogen) atoms. The second kappa shape index (κ2) is 7.75. The first-order chi connectivity index (χ1) is 11.2. The molecule has 2 aromatic carbocycles. The third-order valence-corrected chi connectivity index (χ3v) is 4.15. The molecular weight excluding hydrogens is 320 g/mol. The average molecular weight is 344 g/mol. The molecule has 0 spiro atoms. The van der Waals surface area contributed by atoms with E-state index in [-0.39, 0.29) is 12.6 Å². The number of carbonyl (C=O) groups is 1. The average Bonchev–Trinajstić information content (AvgIpc) is 2.45. The standard InChI is InChI=1S/C20H24O3S/c1-14-11-17(24-16-9-7-6-8-10-16)12-15(2)19(14)22-13-18(21)23-20(3,4)5/h6-12H,13H2,1-5H3. The quantitative estimate of drug-likeness (QED) is 0.701. The van der Waals surface area contributed by atoms with Crippen LogP contribution in [-0.4, -0.2) is 18.2 Å². The van der Waals surface area contributed by atoms with Crippen molar-refractivity contribution in [2.24, 2.45) is 0 Å². The Morgan fingerprint density at radius 2 is 1.58 bits per heavy atom. The lowest BCUT2D eigenvalue weighted by Gasteiger charge is -2.20. The largest absolute Gasteiger partial charge is 0.481 e. The van der Waals surface area contributed by atoms with Crippen molar-refractivity contribution in [3.05, 3.63) is 53.6 Å². The summed E-state index contributed by atoms with van der Waals surface area (Å²) in [6.07, 6.45) is 0. The van der Waals surface area contributed by atoms with Gasteiger partial charge in [0.1, 0.15) is 11.4 Å². The Morgan fingerprint density at radius 1 is 1.00 bits per heavy atom. The van der Waals surface area contributed by atoms with Gasteiger partial charge in [-0.3, -0.25) is 0 Å². The fraction of sp³-hybridized carbons (Fsp3) is 0.350. The van der Waals surface area contributed by atoms with Crippen molar-refractivity contribution < 1.29 is 14.3 Å². The summed E-state index contributed by atoms with van der Waals surface area (Å²) < 4.78 is 11.0. The van der Waals surface area contributed by atoms with Gasteiger partial charge in [0.05, 0.1) is 0 Å². The highest BCUT2D eigenvalue weighted by molar-refractivity contribution is 7.99. The van der Waals surface area contributed by atoms with E-state index < -0.39 is 5.60 Å². The maximum atomic E-state index is 11.8. The van der Waals surface area contributed by atoms with E-state index in [1.807, 2.05) is 52.8 Å². The van der Waals surface area contributed by atoms with Crippen LogP contribution in [0.4, 0.5) is 0 Å². The molecule has 0 amide bonds. The van der Waals surface area contributed by atoms with Crippen LogP contribution in [-0.2, 0) is 9.53 Å². The molecule has 0 aliphatic heterocycles. The summed E-state index contributed by atoms with van der Waals surface area (Å²) in [5.74, 6) is 0.391. The maximum absolute atomic E-state index is 11.8. The number of aryl methyl sites for hydroxylation is 2. The molecule has 0 unspecified atom stereocenters. The van der Waals surface area contributed by atoms with Gasteiger partial charge in [0.2, 0.25) is 0 Å². The van der Waals surface area contributed by atoms with E-state index in [0.29, 0.717) is 0 Å². The molecule has 0 atom stereocenters. The minimum absolute atomic E-state index is 0.0792. The molecule has 0 radical (unpaired) electrons. The molecule has 0 bridgehead atoms. The topological polar surface area (TPSA) is 35.5 Å². The lowest BCUT2D eigenvalue weighted by atomic mass is 10.1. The van der Waals surface area contributed by atoms with Gasteiger partial charge in [-0.05, 0) is 70.0 Å². The predicted octanol–water partition coefficient (Wildman–Crippen LogP) is 5.18. The molecule has 3 nitrogen and oxygen atoms in total. The molecular formula is C20H24O3S. The zero-order valence-corrected chi connectivity index (χ0v) is 15.7. The van der Waals surface area contributed by atoms with Crippen LogP contribution in [0.2, 0.25) is 0 Å². The molecule has 0 aliphatic carbocycles. The Labute approximate surface area is 148 Å². The van der Waals surface area contributed by atoms with Gasteiger partial charge in [0, 0.05) is 9.79 Å². The fourth-order valence-electron chi connectivity index (χ4n) is 2.32. The van der Waals surface area contributed by atoms with Crippen molar-refractivity contribution in [1.82, 2.24) is 0 Å². The highest BCUT2D eigenvalue weighted by Crippen LogP contribution is 2.33. The molecule has 0 aliphatic rings. The van der Waals surface area contributed by atoms with Crippen molar-refractivity contribution in [2.75, 3.05) is 6.61 Å². The van der Waals surface area contributed by atoms with E-state index in [9.17, 15) is 4.79 Å². The minimum Gasteiger partial charge on any atom is -0.481 e. The van der Waals surface area contributed by atoms with E-state index in [1.54, 1.807) is 11.8 Å². The lowest BCUT2D eigenvalue weighted by Crippen LogP contribution is -2.27. The highest BCUT2D eigenvalue weighted by Gasteiger charge is 2.17. The van der Waals surface area contributed by atoms with E-state index in [0.717, 1.165) is 21.8 Å². The molecule has 4 heteroatoms. The van der Waals surface area contributed by atoms with Crippen LogP contribution < -0.4 is 4.74 Å². The van der Waals surface area contributed by atoms with Gasteiger partial charge in [-0.1, -0.05) is 30.0 Å². The summed E-state index contributed by atoms with van der Waals surface area (Å²) in [4.78, 5) is 14.2. The van der Waals surface area contributed by atoms with Crippen LogP contribution in [0, 0.1) is 13.8 Å². The molecule has 128 valence electrons. The maximum Gasteiger partial charge on any atom is 0.344 e. The molecule has 0 heterocycles. The summed E-state index contributed by atoms with van der Waals surface area (Å²) in [6.45, 7) is 9.44. The van der Waals surface area contributed by atoms with Gasteiger partial charge in [-0.25, -0.2) is 4.79 Å². The van der Waals surface area contributed by atoms with Crippen molar-refractivity contribution in [3.8, 4) is 5.75 Å². The minimum atomic E-state index is -0.499. The molecule has 0 saturated carbocycles. The normalized spacial score (nSPS) is 11.2. The smallest absolute Gasteiger partial charge is 0.344 e. The van der Waals surface area contributed by atoms with Gasteiger partial charge in [-0.15, -0.1) is 0 Å². The van der Waals surface area contributed by atoms with Gasteiger partial charge < -0.3 is 9.47 Å². The molecule has 2 rings (SSSR count). The van der Waals surface area contributed by atoms with Crippen molar-refractivity contribution in [1.29, 1.82) is 0 Å². The van der Waals surface area contributed by atoms with Crippen LogP contribution in [0.5, 0.6) is 5.75 Å². The Hall–Kier alpha value is -1.94. The first-order valence-corrected chi connectivity index (χ1v) is 8.75. The van der Waals surface area contributed by atoms with E-state index in [1.165, 1.54) is 4.90 Å². The number of hydrogen-bond donors (Lipinski definition) is 0. The first kappa shape index (κ1) is 18.4. The lowest BCUT2D eigenvalue weighted by molar-refractivity contribution is -0.157. The summed E-state index contributed by atoms with van der Waals surface area (Å²) >= 11 is 1.71. The van der Waals surface area contributed by atoms with Crippen molar-refractivity contribution in [2.45, 2.75) is 50.0 Å². The van der Waals surface area contributed by atoms with Gasteiger partial charge >= 0.3 is 5.97 Å². The number of hydrogen-bond acceptors (Lipinski definition) is 4. The van der Waals surface area contributed by atoms with Crippen LogP contribution >= 0.6 is 11.8 Å². The zero-order valence-electron chi connectivity index (χ0n) is 14.9. The monoisotopic (exact) mass is 344 g/mol. The van der Waals surface area contributed by atoms with Crippen molar-refractivity contribution >= 4 is 17.7 Å². The predicted molar refractivity (Wildman–Crippen MR) is 97.8 cm³/mol. The van der Waals surface area contributed by atoms with E-state index >= 15 is 0 Å². The van der Waals surface area contributed by atoms with Crippen LogP contribution in [0.15, 0.2) is 52.3 Å². The van der Waals surface area contributed by atoms with Crippen molar-refractivity contribution in [3.63, 3.8) is 0 Å². The first-order valence-electron chi connectivity index (χ1n) is 7.93. The summed E-state index contributed by atoms with van der Waals surface area (Å²) in [5, 5.41) is 0. The Bertz CT molecular complexity index is 680. The van der Waals surface area contributed by atoms with E-state index in [4.69, 9.17) is 9.47 Å². The number of carbonyl (C=O) groups excluding carboxylic acids is 1. The molecule has 0 aromatic heterocycles. The third kappa shape index (κ3) is 5.60. The van der Waals surface area contributed by atoms with Gasteiger partial charge in [-0.2, -0.15) is 0 Å². The number of rotatable bonds is 5. The second-order valence-electron chi connectivity index (χ2n) is 6.68. The van der Waals surface area contributed by atoms with Gasteiger partial charge in [0.25, 0.3) is 0 Å². The van der Waals surface area contributed by atoms with Gasteiger partial charge in [0.15, 0.2) is 6.61 Å². The molecule has 0 fully saturated rings. The third-order valence-electron chi connectivity index (χ3n) is 3.17. The Balaban J connectivity index is 2.06. The second-order valence-corrected chi connectivity index (χ2v) is 7.82. The molecule has 0 N–H and O–H groups in total. The number of ether oxygens (including phenoxy) is 2. The summed E-state index contributed by atoms with van der Waals surface area (Å²) in [7, 11) is 0. The molecule has 2 aromatic rings. The highest BCUT2D eigenvalue weighted by atomic mass is 32.2. The molecule has 0 saturated heterocycles. The number of benzene rings is 2. The van der Waals surface area contributed by atoms with Crippen LogP contribution in [0.25, 0.3) is 0 Å². The fourth-order valence-corrected chi connectivity index (χ4v) is 3.36. The number of esters is 1.